The van der Waals surface area contributed by atoms with E-state index in [-0.39, 0.29) is 21.6 Å². The summed E-state index contributed by atoms with van der Waals surface area (Å²) in [7, 11) is -8.26. The van der Waals surface area contributed by atoms with Crippen LogP contribution in [-0.4, -0.2) is 45.5 Å². The van der Waals surface area contributed by atoms with Crippen molar-refractivity contribution in [2.45, 2.75) is 11.1 Å². The number of anilines is 3. The molecule has 192 valence electrons. The van der Waals surface area contributed by atoms with Crippen molar-refractivity contribution < 1.29 is 34.8 Å². The molecular formula is C20H17ClF3N5O5S2. The molecule has 1 heterocycles. The topological polar surface area (TPSA) is 138 Å². The lowest BCUT2D eigenvalue weighted by atomic mass is 10.2. The van der Waals surface area contributed by atoms with E-state index >= 15 is 0 Å². The van der Waals surface area contributed by atoms with Crippen molar-refractivity contribution in [3.8, 4) is 0 Å². The van der Waals surface area contributed by atoms with Gasteiger partial charge < -0.3 is 5.32 Å². The Morgan fingerprint density at radius 2 is 1.64 bits per heavy atom. The predicted molar refractivity (Wildman–Crippen MR) is 127 cm³/mol. The number of rotatable bonds is 8. The minimum atomic E-state index is -4.77. The van der Waals surface area contributed by atoms with Crippen molar-refractivity contribution in [1.29, 1.82) is 0 Å². The number of aromatic nitrogens is 2. The molecule has 10 nitrogen and oxygen atoms in total. The third-order valence-corrected chi connectivity index (χ3v) is 7.26. The van der Waals surface area contributed by atoms with Crippen molar-refractivity contribution in [2.75, 3.05) is 27.1 Å². The zero-order chi connectivity index (χ0) is 26.7. The Morgan fingerprint density at radius 1 is 1.03 bits per heavy atom. The van der Waals surface area contributed by atoms with E-state index in [0.29, 0.717) is 22.7 Å². The van der Waals surface area contributed by atoms with E-state index in [4.69, 9.17) is 11.6 Å². The average Bonchev–Trinajstić information content (AvgIpc) is 2.77. The normalized spacial score (nSPS) is 12.1. The van der Waals surface area contributed by atoms with Crippen LogP contribution in [0.4, 0.5) is 30.5 Å². The van der Waals surface area contributed by atoms with Crippen LogP contribution in [0.5, 0.6) is 0 Å². The van der Waals surface area contributed by atoms with E-state index in [1.54, 1.807) is 0 Å². The van der Waals surface area contributed by atoms with Crippen molar-refractivity contribution >= 4 is 54.9 Å². The van der Waals surface area contributed by atoms with Crippen LogP contribution in [0.1, 0.15) is 5.56 Å². The summed E-state index contributed by atoms with van der Waals surface area (Å²) in [6.45, 7) is -0.896. The third kappa shape index (κ3) is 6.83. The van der Waals surface area contributed by atoms with Gasteiger partial charge in [-0.2, -0.15) is 13.2 Å². The molecule has 0 saturated heterocycles. The maximum Gasteiger partial charge on any atom is 0.416 e. The molecule has 0 spiro atoms. The number of halogens is 4. The Balaban J connectivity index is 1.78. The van der Waals surface area contributed by atoms with Gasteiger partial charge in [-0.1, -0.05) is 11.6 Å². The van der Waals surface area contributed by atoms with Gasteiger partial charge in [-0.15, -0.1) is 0 Å². The van der Waals surface area contributed by atoms with Gasteiger partial charge in [0.05, 0.1) is 27.4 Å². The lowest BCUT2D eigenvalue weighted by Crippen LogP contribution is -2.37. The Hall–Kier alpha value is -3.43. The molecule has 0 aliphatic heterocycles. The van der Waals surface area contributed by atoms with E-state index in [2.05, 4.69) is 20.0 Å². The fraction of sp³-hybridized carbons (Fsp3) is 0.150. The number of carbonyl (C=O) groups is 1. The highest BCUT2D eigenvalue weighted by Crippen LogP contribution is 2.36. The zero-order valence-electron chi connectivity index (χ0n) is 18.2. The number of alkyl halides is 3. The second-order valence-corrected chi connectivity index (χ2v) is 11.2. The Kier molecular flexibility index (Phi) is 7.76. The van der Waals surface area contributed by atoms with Crippen molar-refractivity contribution in [3.63, 3.8) is 0 Å². The van der Waals surface area contributed by atoms with Crippen LogP contribution in [0.3, 0.4) is 0 Å². The first-order chi connectivity index (χ1) is 16.7. The summed E-state index contributed by atoms with van der Waals surface area (Å²) in [5, 5.41) is 2.04. The molecule has 0 fully saturated rings. The van der Waals surface area contributed by atoms with Crippen LogP contribution in [0.25, 0.3) is 0 Å². The molecule has 36 heavy (non-hydrogen) atoms. The first-order valence-corrected chi connectivity index (χ1v) is 13.4. The maximum atomic E-state index is 13.1. The highest BCUT2D eigenvalue weighted by atomic mass is 35.5. The number of benzene rings is 2. The number of amides is 1. The van der Waals surface area contributed by atoms with E-state index in [0.717, 1.165) is 6.07 Å². The number of hydrogen-bond acceptors (Lipinski definition) is 7. The van der Waals surface area contributed by atoms with Crippen LogP contribution < -0.4 is 14.3 Å². The van der Waals surface area contributed by atoms with E-state index < -0.39 is 49.9 Å². The van der Waals surface area contributed by atoms with Crippen LogP contribution in [-0.2, 0) is 31.0 Å². The summed E-state index contributed by atoms with van der Waals surface area (Å²) in [4.78, 5) is 19.9. The van der Waals surface area contributed by atoms with Gasteiger partial charge in [-0.05, 0) is 48.5 Å². The van der Waals surface area contributed by atoms with Gasteiger partial charge >= 0.3 is 6.18 Å². The van der Waals surface area contributed by atoms with Gasteiger partial charge in [0.25, 0.3) is 10.0 Å². The first-order valence-electron chi connectivity index (χ1n) is 9.71. The Morgan fingerprint density at radius 3 is 2.19 bits per heavy atom. The van der Waals surface area contributed by atoms with Crippen LogP contribution in [0, 0.1) is 0 Å². The van der Waals surface area contributed by atoms with Crippen molar-refractivity contribution in [1.82, 2.24) is 9.97 Å². The Labute approximate surface area is 209 Å². The summed E-state index contributed by atoms with van der Waals surface area (Å²) >= 11 is 5.93. The first kappa shape index (κ1) is 27.2. The minimum Gasteiger partial charge on any atom is -0.325 e. The standard InChI is InChI=1S/C20H17ClF3N5O5S2/c1-35(31,32)29(17-11-13(20(22,23)24)3-8-16(17)21)12-18(30)27-14-4-6-15(7-5-14)36(33,34)28-19-25-9-2-10-26-19/h2-11H,12H2,1H3,(H,27,30)(H,25,26,28). The summed E-state index contributed by atoms with van der Waals surface area (Å²) in [6.07, 6.45) is -1.38. The van der Waals surface area contributed by atoms with Gasteiger partial charge in [0.1, 0.15) is 6.54 Å². The van der Waals surface area contributed by atoms with Gasteiger partial charge in [-0.3, -0.25) is 9.10 Å². The molecule has 2 aromatic carbocycles. The number of nitrogens with zero attached hydrogens (tertiary/aromatic N) is 3. The summed E-state index contributed by atoms with van der Waals surface area (Å²) in [5.74, 6) is -1.07. The van der Waals surface area contributed by atoms with Crippen LogP contribution in [0.15, 0.2) is 65.8 Å². The molecule has 3 aromatic rings. The lowest BCUT2D eigenvalue weighted by molar-refractivity contribution is -0.137. The Bertz CT molecular complexity index is 1470. The molecule has 0 saturated carbocycles. The smallest absolute Gasteiger partial charge is 0.325 e. The highest BCUT2D eigenvalue weighted by Gasteiger charge is 2.33. The van der Waals surface area contributed by atoms with Crippen LogP contribution >= 0.6 is 11.6 Å². The molecular weight excluding hydrogens is 547 g/mol. The van der Waals surface area contributed by atoms with Gasteiger partial charge in [-0.25, -0.2) is 31.5 Å². The third-order valence-electron chi connectivity index (χ3n) is 4.47. The molecule has 0 aliphatic carbocycles. The summed E-state index contributed by atoms with van der Waals surface area (Å²) in [5.41, 5.74) is -1.58. The fourth-order valence-corrected chi connectivity index (χ4v) is 4.93. The number of carbonyl (C=O) groups excluding carboxylic acids is 1. The molecule has 16 heteroatoms. The highest BCUT2D eigenvalue weighted by molar-refractivity contribution is 7.92. The maximum absolute atomic E-state index is 13.1. The minimum absolute atomic E-state index is 0.0958. The van der Waals surface area contributed by atoms with E-state index in [1.165, 1.54) is 42.7 Å². The van der Waals surface area contributed by atoms with E-state index in [9.17, 15) is 34.8 Å². The monoisotopic (exact) mass is 563 g/mol. The summed E-state index contributed by atoms with van der Waals surface area (Å²) < 4.78 is 91.3. The largest absolute Gasteiger partial charge is 0.416 e. The van der Waals surface area contributed by atoms with Gasteiger partial charge in [0.15, 0.2) is 0 Å². The molecule has 1 amide bonds. The molecule has 3 rings (SSSR count). The molecule has 0 aliphatic rings. The van der Waals surface area contributed by atoms with Crippen molar-refractivity contribution in [3.05, 3.63) is 71.5 Å². The lowest BCUT2D eigenvalue weighted by Gasteiger charge is -2.24. The average molecular weight is 564 g/mol. The SMILES string of the molecule is CS(=O)(=O)N(CC(=O)Nc1ccc(S(=O)(=O)Nc2ncccn2)cc1)c1cc(C(F)(F)F)ccc1Cl. The predicted octanol–water partition coefficient (Wildman–Crippen LogP) is 3.35. The summed E-state index contributed by atoms with van der Waals surface area (Å²) in [6, 6.07) is 8.39. The quantitative estimate of drug-likeness (QED) is 0.428. The molecule has 0 radical (unpaired) electrons. The number of nitrogens with one attached hydrogen (secondary N) is 2. The molecule has 0 bridgehead atoms. The van der Waals surface area contributed by atoms with Gasteiger partial charge in [0.2, 0.25) is 21.9 Å². The van der Waals surface area contributed by atoms with Crippen molar-refractivity contribution in [2.24, 2.45) is 0 Å². The molecule has 0 unspecified atom stereocenters. The second-order valence-electron chi connectivity index (χ2n) is 7.18. The number of sulfonamides is 2. The number of hydrogen-bond donors (Lipinski definition) is 2. The van der Waals surface area contributed by atoms with Crippen LogP contribution in [0.2, 0.25) is 5.02 Å². The molecule has 2 N–H and O–H groups in total. The zero-order valence-corrected chi connectivity index (χ0v) is 20.6. The fourth-order valence-electron chi connectivity index (χ4n) is 2.84. The molecule has 0 atom stereocenters. The second kappa shape index (κ2) is 10.3. The molecule has 1 aromatic heterocycles. The van der Waals surface area contributed by atoms with E-state index in [1.807, 2.05) is 0 Å². The van der Waals surface area contributed by atoms with Gasteiger partial charge in [0, 0.05) is 18.1 Å².